The average molecular weight is 329 g/mol. The summed E-state index contributed by atoms with van der Waals surface area (Å²) in [5.74, 6) is -0.342. The van der Waals surface area contributed by atoms with Gasteiger partial charge in [-0.3, -0.25) is 9.59 Å². The Balaban J connectivity index is 2.45. The van der Waals surface area contributed by atoms with Crippen LogP contribution in [0.3, 0.4) is 0 Å². The molecule has 0 bridgehead atoms. The van der Waals surface area contributed by atoms with Gasteiger partial charge in [0.1, 0.15) is 23.6 Å². The first-order valence-electron chi connectivity index (χ1n) is 8.07. The molecule has 1 unspecified atom stereocenters. The standard InChI is InChI=1S/C19H23NO4/c1-4-11-24-18(23)20-17(15-8-5-7-13(2)12-15)19(14(3)21)10-6-9-16(19)22/h4-5,7-8,12,17H,1,6,9-11H2,2-3H3,(H,20,23)/t17?,19-/m0/s1. The molecular formula is C19H23NO4. The Morgan fingerprint density at radius 2 is 2.21 bits per heavy atom. The number of benzene rings is 1. The molecule has 1 aromatic rings. The summed E-state index contributed by atoms with van der Waals surface area (Å²) in [6.07, 6.45) is 2.22. The normalized spacial score (nSPS) is 21.2. The zero-order valence-corrected chi connectivity index (χ0v) is 14.1. The van der Waals surface area contributed by atoms with Gasteiger partial charge in [-0.15, -0.1) is 0 Å². The predicted molar refractivity (Wildman–Crippen MR) is 90.6 cm³/mol. The maximum Gasteiger partial charge on any atom is 0.407 e. The van der Waals surface area contributed by atoms with Crippen molar-refractivity contribution in [2.24, 2.45) is 5.41 Å². The summed E-state index contributed by atoms with van der Waals surface area (Å²) in [6, 6.07) is 6.74. The van der Waals surface area contributed by atoms with E-state index in [1.807, 2.05) is 31.2 Å². The number of amides is 1. The van der Waals surface area contributed by atoms with E-state index < -0.39 is 17.6 Å². The van der Waals surface area contributed by atoms with Gasteiger partial charge in [-0.1, -0.05) is 42.5 Å². The molecule has 0 spiro atoms. The fourth-order valence-electron chi connectivity index (χ4n) is 3.41. The van der Waals surface area contributed by atoms with Crippen LogP contribution in [0.2, 0.25) is 0 Å². The monoisotopic (exact) mass is 329 g/mol. The SMILES string of the molecule is C=CCOC(=O)NC(c1cccc(C)c1)[C@]1(C(C)=O)CCCC1=O. The Kier molecular flexibility index (Phi) is 5.54. The first-order chi connectivity index (χ1) is 11.4. The minimum absolute atomic E-state index is 0.0629. The van der Waals surface area contributed by atoms with E-state index in [0.29, 0.717) is 19.3 Å². The number of aryl methyl sites for hydroxylation is 1. The van der Waals surface area contributed by atoms with Crippen molar-refractivity contribution in [3.05, 3.63) is 48.0 Å². The van der Waals surface area contributed by atoms with Crippen molar-refractivity contribution < 1.29 is 19.1 Å². The third-order valence-electron chi connectivity index (χ3n) is 4.56. The first-order valence-corrected chi connectivity index (χ1v) is 8.07. The van der Waals surface area contributed by atoms with Crippen molar-refractivity contribution in [3.63, 3.8) is 0 Å². The largest absolute Gasteiger partial charge is 0.445 e. The van der Waals surface area contributed by atoms with E-state index in [9.17, 15) is 14.4 Å². The molecule has 1 saturated carbocycles. The molecule has 1 aliphatic carbocycles. The second kappa shape index (κ2) is 7.43. The highest BCUT2D eigenvalue weighted by Crippen LogP contribution is 2.46. The van der Waals surface area contributed by atoms with E-state index in [2.05, 4.69) is 11.9 Å². The predicted octanol–water partition coefficient (Wildman–Crippen LogP) is 3.28. The zero-order chi connectivity index (χ0) is 17.7. The van der Waals surface area contributed by atoms with Crippen molar-refractivity contribution in [3.8, 4) is 0 Å². The lowest BCUT2D eigenvalue weighted by Gasteiger charge is -2.34. The fourth-order valence-corrected chi connectivity index (χ4v) is 3.41. The van der Waals surface area contributed by atoms with Crippen LogP contribution in [0.1, 0.15) is 43.4 Å². The Morgan fingerprint density at radius 1 is 1.46 bits per heavy atom. The lowest BCUT2D eigenvalue weighted by molar-refractivity contribution is -0.139. The molecule has 0 aromatic heterocycles. The maximum absolute atomic E-state index is 12.6. The smallest absolute Gasteiger partial charge is 0.407 e. The van der Waals surface area contributed by atoms with Gasteiger partial charge in [0.25, 0.3) is 0 Å². The molecule has 24 heavy (non-hydrogen) atoms. The van der Waals surface area contributed by atoms with Gasteiger partial charge >= 0.3 is 6.09 Å². The van der Waals surface area contributed by atoms with Crippen LogP contribution in [0.15, 0.2) is 36.9 Å². The number of ketones is 2. The van der Waals surface area contributed by atoms with Crippen LogP contribution in [-0.4, -0.2) is 24.3 Å². The van der Waals surface area contributed by atoms with Crippen molar-refractivity contribution in [1.82, 2.24) is 5.32 Å². The molecule has 0 heterocycles. The van der Waals surface area contributed by atoms with Gasteiger partial charge in [-0.25, -0.2) is 4.79 Å². The Bertz CT molecular complexity index is 667. The topological polar surface area (TPSA) is 72.5 Å². The van der Waals surface area contributed by atoms with Crippen LogP contribution in [-0.2, 0) is 14.3 Å². The number of rotatable bonds is 6. The van der Waals surface area contributed by atoms with Crippen LogP contribution in [0.25, 0.3) is 0 Å². The minimum Gasteiger partial charge on any atom is -0.445 e. The van der Waals surface area contributed by atoms with Crippen molar-refractivity contribution in [1.29, 1.82) is 0 Å². The molecule has 1 N–H and O–H groups in total. The van der Waals surface area contributed by atoms with Crippen LogP contribution in [0.5, 0.6) is 0 Å². The molecule has 1 aromatic carbocycles. The van der Waals surface area contributed by atoms with E-state index >= 15 is 0 Å². The highest BCUT2D eigenvalue weighted by atomic mass is 16.5. The van der Waals surface area contributed by atoms with Crippen molar-refractivity contribution in [2.45, 2.75) is 39.2 Å². The van der Waals surface area contributed by atoms with Gasteiger partial charge in [0, 0.05) is 6.42 Å². The first kappa shape index (κ1) is 17.9. The van der Waals surface area contributed by atoms with Crippen LogP contribution < -0.4 is 5.32 Å². The number of alkyl carbamates (subject to hydrolysis) is 1. The lowest BCUT2D eigenvalue weighted by Crippen LogP contribution is -2.48. The second-order valence-electron chi connectivity index (χ2n) is 6.18. The number of carbonyl (C=O) groups is 3. The summed E-state index contributed by atoms with van der Waals surface area (Å²) in [7, 11) is 0. The summed E-state index contributed by atoms with van der Waals surface area (Å²) in [5, 5.41) is 2.74. The average Bonchev–Trinajstić information content (AvgIpc) is 2.93. The van der Waals surface area contributed by atoms with E-state index in [-0.39, 0.29) is 18.2 Å². The summed E-state index contributed by atoms with van der Waals surface area (Å²) < 4.78 is 5.00. The van der Waals surface area contributed by atoms with Crippen LogP contribution in [0, 0.1) is 12.3 Å². The van der Waals surface area contributed by atoms with E-state index in [1.165, 1.54) is 13.0 Å². The summed E-state index contributed by atoms with van der Waals surface area (Å²) in [5.41, 5.74) is 0.500. The Labute approximate surface area is 142 Å². The lowest BCUT2D eigenvalue weighted by atomic mass is 9.71. The van der Waals surface area contributed by atoms with E-state index in [1.54, 1.807) is 0 Å². The minimum atomic E-state index is -1.22. The van der Waals surface area contributed by atoms with Crippen molar-refractivity contribution in [2.75, 3.05) is 6.61 Å². The quantitative estimate of drug-likeness (QED) is 0.642. The van der Waals surface area contributed by atoms with Crippen LogP contribution >= 0.6 is 0 Å². The molecule has 5 nitrogen and oxygen atoms in total. The Hall–Kier alpha value is -2.43. The van der Waals surface area contributed by atoms with Crippen LogP contribution in [0.4, 0.5) is 4.79 Å². The highest BCUT2D eigenvalue weighted by Gasteiger charge is 2.53. The molecule has 2 rings (SSSR count). The zero-order valence-electron chi connectivity index (χ0n) is 14.1. The van der Waals surface area contributed by atoms with E-state index in [0.717, 1.165) is 11.1 Å². The van der Waals surface area contributed by atoms with Gasteiger partial charge < -0.3 is 10.1 Å². The molecule has 1 fully saturated rings. The molecule has 1 amide bonds. The summed E-state index contributed by atoms with van der Waals surface area (Å²) in [6.45, 7) is 6.91. The summed E-state index contributed by atoms with van der Waals surface area (Å²) in [4.78, 5) is 37.1. The number of ether oxygens (including phenoxy) is 1. The van der Waals surface area contributed by atoms with Gasteiger partial charge in [0.05, 0.1) is 6.04 Å². The molecule has 2 atom stereocenters. The fraction of sp³-hybridized carbons (Fsp3) is 0.421. The Morgan fingerprint density at radius 3 is 2.75 bits per heavy atom. The number of nitrogens with one attached hydrogen (secondary N) is 1. The van der Waals surface area contributed by atoms with Gasteiger partial charge in [0.15, 0.2) is 0 Å². The second-order valence-corrected chi connectivity index (χ2v) is 6.18. The number of hydrogen-bond donors (Lipinski definition) is 1. The molecule has 0 saturated heterocycles. The molecule has 0 radical (unpaired) electrons. The number of carbonyl (C=O) groups excluding carboxylic acids is 3. The number of Topliss-reactive ketones (excluding diaryl/α,β-unsaturated/α-hetero) is 2. The van der Waals surface area contributed by atoms with Gasteiger partial charge in [-0.05, 0) is 32.3 Å². The van der Waals surface area contributed by atoms with Gasteiger partial charge in [0.2, 0.25) is 0 Å². The number of hydrogen-bond acceptors (Lipinski definition) is 4. The van der Waals surface area contributed by atoms with Crippen molar-refractivity contribution >= 4 is 17.7 Å². The third-order valence-corrected chi connectivity index (χ3v) is 4.56. The molecule has 128 valence electrons. The maximum atomic E-state index is 12.6. The molecular weight excluding hydrogens is 306 g/mol. The van der Waals surface area contributed by atoms with E-state index in [4.69, 9.17) is 4.74 Å². The summed E-state index contributed by atoms with van der Waals surface area (Å²) >= 11 is 0. The molecule has 0 aliphatic heterocycles. The third kappa shape index (κ3) is 3.40. The molecule has 5 heteroatoms. The highest BCUT2D eigenvalue weighted by molar-refractivity contribution is 6.08. The van der Waals surface area contributed by atoms with Gasteiger partial charge in [-0.2, -0.15) is 0 Å². The molecule has 1 aliphatic rings.